The molecule has 0 unspecified atom stereocenters. The van der Waals surface area contributed by atoms with E-state index in [2.05, 4.69) is 53.2 Å². The Bertz CT molecular complexity index is 494. The first-order valence-electron chi connectivity index (χ1n) is 8.81. The number of carbonyl (C=O) groups is 1. The molecular weight excluding hydrogens is 304 g/mol. The van der Waals surface area contributed by atoms with Gasteiger partial charge in [-0.15, -0.1) is 0 Å². The van der Waals surface area contributed by atoms with Gasteiger partial charge < -0.3 is 24.8 Å². The molecule has 6 nitrogen and oxygen atoms in total. The maximum Gasteiger partial charge on any atom is 0.317 e. The highest BCUT2D eigenvalue weighted by atomic mass is 16.5. The molecule has 1 aliphatic rings. The van der Waals surface area contributed by atoms with Crippen LogP contribution in [0.2, 0.25) is 0 Å². The Kier molecular flexibility index (Phi) is 7.18. The fourth-order valence-corrected chi connectivity index (χ4v) is 3.00. The SMILES string of the molecule is CCN(CC)c1ccc(N2CCN(C(=O)NCCOC)CC2)cc1. The molecule has 1 aromatic carbocycles. The van der Waals surface area contributed by atoms with Gasteiger partial charge in [-0.3, -0.25) is 0 Å². The first-order chi connectivity index (χ1) is 11.7. The Balaban J connectivity index is 1.84. The molecule has 1 fully saturated rings. The van der Waals surface area contributed by atoms with Gasteiger partial charge in [-0.25, -0.2) is 4.79 Å². The number of amides is 2. The van der Waals surface area contributed by atoms with Crippen LogP contribution >= 0.6 is 0 Å². The molecule has 2 amide bonds. The van der Waals surface area contributed by atoms with Gasteiger partial charge in [0.05, 0.1) is 6.61 Å². The van der Waals surface area contributed by atoms with E-state index >= 15 is 0 Å². The van der Waals surface area contributed by atoms with Crippen LogP contribution in [0, 0.1) is 0 Å². The minimum Gasteiger partial charge on any atom is -0.383 e. The zero-order chi connectivity index (χ0) is 17.4. The quantitative estimate of drug-likeness (QED) is 0.775. The van der Waals surface area contributed by atoms with Gasteiger partial charge in [0.25, 0.3) is 0 Å². The summed E-state index contributed by atoms with van der Waals surface area (Å²) < 4.78 is 4.95. The average Bonchev–Trinajstić information content (AvgIpc) is 2.63. The predicted octanol–water partition coefficient (Wildman–Crippen LogP) is 2.01. The first kappa shape index (κ1) is 18.4. The van der Waals surface area contributed by atoms with Gasteiger partial charge in [0.15, 0.2) is 0 Å². The zero-order valence-corrected chi connectivity index (χ0v) is 15.1. The number of ether oxygens (including phenoxy) is 1. The number of hydrogen-bond donors (Lipinski definition) is 1. The van der Waals surface area contributed by atoms with E-state index in [1.165, 1.54) is 11.4 Å². The topological polar surface area (TPSA) is 48.0 Å². The summed E-state index contributed by atoms with van der Waals surface area (Å²) in [6, 6.07) is 8.74. The number of methoxy groups -OCH3 is 1. The lowest BCUT2D eigenvalue weighted by Crippen LogP contribution is -2.52. The Morgan fingerprint density at radius 1 is 1.12 bits per heavy atom. The highest BCUT2D eigenvalue weighted by molar-refractivity contribution is 5.74. The van der Waals surface area contributed by atoms with E-state index in [0.29, 0.717) is 13.2 Å². The van der Waals surface area contributed by atoms with Crippen molar-refractivity contribution < 1.29 is 9.53 Å². The number of urea groups is 1. The second-order valence-corrected chi connectivity index (χ2v) is 5.89. The van der Waals surface area contributed by atoms with Gasteiger partial charge in [0.2, 0.25) is 0 Å². The van der Waals surface area contributed by atoms with Gasteiger partial charge >= 0.3 is 6.03 Å². The summed E-state index contributed by atoms with van der Waals surface area (Å²) in [6.07, 6.45) is 0. The lowest BCUT2D eigenvalue weighted by Gasteiger charge is -2.36. The Morgan fingerprint density at radius 2 is 1.75 bits per heavy atom. The number of rotatable bonds is 7. The second kappa shape index (κ2) is 9.37. The fourth-order valence-electron chi connectivity index (χ4n) is 3.00. The Morgan fingerprint density at radius 3 is 2.29 bits per heavy atom. The van der Waals surface area contributed by atoms with E-state index in [1.807, 2.05) is 4.90 Å². The third-order valence-electron chi connectivity index (χ3n) is 4.49. The number of benzene rings is 1. The van der Waals surface area contributed by atoms with Crippen molar-refractivity contribution in [3.8, 4) is 0 Å². The van der Waals surface area contributed by atoms with E-state index in [-0.39, 0.29) is 6.03 Å². The number of anilines is 2. The number of nitrogens with one attached hydrogen (secondary N) is 1. The largest absolute Gasteiger partial charge is 0.383 e. The van der Waals surface area contributed by atoms with Gasteiger partial charge in [0.1, 0.15) is 0 Å². The van der Waals surface area contributed by atoms with Crippen molar-refractivity contribution in [3.05, 3.63) is 24.3 Å². The monoisotopic (exact) mass is 334 g/mol. The van der Waals surface area contributed by atoms with Crippen LogP contribution in [0.1, 0.15) is 13.8 Å². The summed E-state index contributed by atoms with van der Waals surface area (Å²) in [4.78, 5) is 18.6. The van der Waals surface area contributed by atoms with E-state index in [1.54, 1.807) is 7.11 Å². The predicted molar refractivity (Wildman–Crippen MR) is 99.1 cm³/mol. The highest BCUT2D eigenvalue weighted by Crippen LogP contribution is 2.21. The van der Waals surface area contributed by atoms with E-state index in [4.69, 9.17) is 4.74 Å². The van der Waals surface area contributed by atoms with Gasteiger partial charge in [-0.05, 0) is 38.1 Å². The van der Waals surface area contributed by atoms with Crippen molar-refractivity contribution in [2.75, 3.05) is 69.3 Å². The molecule has 0 aromatic heterocycles. The molecule has 0 spiro atoms. The van der Waals surface area contributed by atoms with E-state index in [0.717, 1.165) is 39.3 Å². The molecule has 2 rings (SSSR count). The molecule has 1 aliphatic heterocycles. The van der Waals surface area contributed by atoms with Crippen molar-refractivity contribution in [2.45, 2.75) is 13.8 Å². The smallest absolute Gasteiger partial charge is 0.317 e. The summed E-state index contributed by atoms with van der Waals surface area (Å²) in [7, 11) is 1.64. The first-order valence-corrected chi connectivity index (χ1v) is 8.81. The van der Waals surface area contributed by atoms with Crippen LogP contribution in [0.5, 0.6) is 0 Å². The third kappa shape index (κ3) is 4.77. The number of nitrogens with zero attached hydrogens (tertiary/aromatic N) is 3. The molecule has 0 atom stereocenters. The van der Waals surface area contributed by atoms with Crippen molar-refractivity contribution in [3.63, 3.8) is 0 Å². The molecule has 1 heterocycles. The van der Waals surface area contributed by atoms with Crippen LogP contribution in [0.3, 0.4) is 0 Å². The molecule has 6 heteroatoms. The lowest BCUT2D eigenvalue weighted by molar-refractivity contribution is 0.177. The normalized spacial score (nSPS) is 14.6. The third-order valence-corrected chi connectivity index (χ3v) is 4.49. The molecule has 1 saturated heterocycles. The van der Waals surface area contributed by atoms with E-state index in [9.17, 15) is 4.79 Å². The van der Waals surface area contributed by atoms with Crippen LogP contribution in [-0.2, 0) is 4.74 Å². The maximum atomic E-state index is 12.0. The summed E-state index contributed by atoms with van der Waals surface area (Å²) in [6.45, 7) is 10.7. The molecule has 24 heavy (non-hydrogen) atoms. The van der Waals surface area contributed by atoms with Crippen molar-refractivity contribution in [1.82, 2.24) is 10.2 Å². The molecule has 0 aliphatic carbocycles. The number of hydrogen-bond acceptors (Lipinski definition) is 4. The average molecular weight is 334 g/mol. The maximum absolute atomic E-state index is 12.0. The lowest BCUT2D eigenvalue weighted by atomic mass is 10.2. The fraction of sp³-hybridized carbons (Fsp3) is 0.611. The molecule has 0 radical (unpaired) electrons. The van der Waals surface area contributed by atoms with Crippen molar-refractivity contribution in [2.24, 2.45) is 0 Å². The van der Waals surface area contributed by atoms with Crippen LogP contribution in [0.25, 0.3) is 0 Å². The summed E-state index contributed by atoms with van der Waals surface area (Å²) >= 11 is 0. The van der Waals surface area contributed by atoms with Gasteiger partial charge in [-0.2, -0.15) is 0 Å². The summed E-state index contributed by atoms with van der Waals surface area (Å²) in [5.41, 5.74) is 2.49. The standard InChI is InChI=1S/C18H30N4O2/c1-4-20(5-2)16-6-8-17(9-7-16)21-11-13-22(14-12-21)18(23)19-10-15-24-3/h6-9H,4-5,10-15H2,1-3H3,(H,19,23). The Hall–Kier alpha value is -1.95. The molecule has 1 N–H and O–H groups in total. The molecule has 0 saturated carbocycles. The van der Waals surface area contributed by atoms with Crippen molar-refractivity contribution >= 4 is 17.4 Å². The summed E-state index contributed by atoms with van der Waals surface area (Å²) in [5.74, 6) is 0. The Labute approximate surface area is 145 Å². The molecular formula is C18H30N4O2. The van der Waals surface area contributed by atoms with Crippen molar-refractivity contribution in [1.29, 1.82) is 0 Å². The minimum absolute atomic E-state index is 0.00332. The van der Waals surface area contributed by atoms with Crippen LogP contribution in [-0.4, -0.2) is 70.5 Å². The van der Waals surface area contributed by atoms with Crippen LogP contribution in [0.15, 0.2) is 24.3 Å². The number of carbonyl (C=O) groups excluding carboxylic acids is 1. The molecule has 0 bridgehead atoms. The second-order valence-electron chi connectivity index (χ2n) is 5.89. The van der Waals surface area contributed by atoms with Crippen LogP contribution in [0.4, 0.5) is 16.2 Å². The van der Waals surface area contributed by atoms with Crippen LogP contribution < -0.4 is 15.1 Å². The number of piperazine rings is 1. The highest BCUT2D eigenvalue weighted by Gasteiger charge is 2.21. The molecule has 134 valence electrons. The summed E-state index contributed by atoms with van der Waals surface area (Å²) in [5, 5.41) is 2.88. The zero-order valence-electron chi connectivity index (χ0n) is 15.1. The van der Waals surface area contributed by atoms with Gasteiger partial charge in [-0.1, -0.05) is 0 Å². The molecule has 1 aromatic rings. The van der Waals surface area contributed by atoms with Gasteiger partial charge in [0, 0.05) is 64.3 Å². The van der Waals surface area contributed by atoms with E-state index < -0.39 is 0 Å². The minimum atomic E-state index is 0.00332.